The summed E-state index contributed by atoms with van der Waals surface area (Å²) >= 11 is 0. The summed E-state index contributed by atoms with van der Waals surface area (Å²) in [4.78, 5) is 0. The van der Waals surface area contributed by atoms with E-state index in [-0.39, 0.29) is 6.04 Å². The number of ether oxygens (including phenoxy) is 1. The van der Waals surface area contributed by atoms with E-state index in [0.29, 0.717) is 0 Å². The minimum absolute atomic E-state index is 0.163. The number of methoxy groups -OCH3 is 1. The van der Waals surface area contributed by atoms with Gasteiger partial charge in [0, 0.05) is 5.56 Å². The van der Waals surface area contributed by atoms with Crippen molar-refractivity contribution in [2.45, 2.75) is 33.2 Å². The van der Waals surface area contributed by atoms with Gasteiger partial charge in [0.15, 0.2) is 0 Å². The smallest absolute Gasteiger partial charge is 0.124 e. The van der Waals surface area contributed by atoms with E-state index in [1.165, 1.54) is 22.3 Å². The lowest BCUT2D eigenvalue weighted by molar-refractivity contribution is 0.404. The predicted octanol–water partition coefficient (Wildman–Crippen LogP) is 4.26. The van der Waals surface area contributed by atoms with Gasteiger partial charge >= 0.3 is 0 Å². The van der Waals surface area contributed by atoms with Crippen LogP contribution in [0.3, 0.4) is 0 Å². The number of benzene rings is 2. The van der Waals surface area contributed by atoms with Crippen LogP contribution in [0.4, 0.5) is 0 Å². The summed E-state index contributed by atoms with van der Waals surface area (Å²) in [6.45, 7) is 7.32. The molecule has 0 fully saturated rings. The van der Waals surface area contributed by atoms with Crippen LogP contribution in [0, 0.1) is 6.92 Å². The summed E-state index contributed by atoms with van der Waals surface area (Å²) < 4.78 is 5.58. The Balaban J connectivity index is 2.42. The zero-order valence-electron chi connectivity index (χ0n) is 13.4. The number of hydrogen-bond donors (Lipinski definition) is 1. The Morgan fingerprint density at radius 1 is 1.05 bits per heavy atom. The maximum atomic E-state index is 5.58. The van der Waals surface area contributed by atoms with E-state index in [1.54, 1.807) is 7.11 Å². The highest BCUT2D eigenvalue weighted by Crippen LogP contribution is 2.31. The van der Waals surface area contributed by atoms with Gasteiger partial charge in [-0.25, -0.2) is 0 Å². The zero-order chi connectivity index (χ0) is 15.2. The lowest BCUT2D eigenvalue weighted by atomic mass is 9.95. The molecule has 0 aliphatic carbocycles. The van der Waals surface area contributed by atoms with E-state index >= 15 is 0 Å². The summed E-state index contributed by atoms with van der Waals surface area (Å²) in [5, 5.41) is 3.57. The molecule has 1 N–H and O–H groups in total. The topological polar surface area (TPSA) is 21.3 Å². The Kier molecular flexibility index (Phi) is 5.40. The predicted molar refractivity (Wildman–Crippen MR) is 89.1 cm³/mol. The van der Waals surface area contributed by atoms with Crippen molar-refractivity contribution in [1.82, 2.24) is 5.32 Å². The van der Waals surface area contributed by atoms with Crippen LogP contribution in [0.2, 0.25) is 0 Å². The SMILES string of the molecule is CCNC(c1ccc(CC)cc1)c1ccc(C)cc1OC. The van der Waals surface area contributed by atoms with Crippen LogP contribution in [-0.4, -0.2) is 13.7 Å². The number of nitrogens with one attached hydrogen (secondary N) is 1. The Bertz CT molecular complexity index is 575. The van der Waals surface area contributed by atoms with Gasteiger partial charge in [0.1, 0.15) is 5.75 Å². The Hall–Kier alpha value is -1.80. The van der Waals surface area contributed by atoms with E-state index in [0.717, 1.165) is 18.7 Å². The average Bonchev–Trinajstić information content (AvgIpc) is 2.53. The molecule has 0 aromatic heterocycles. The molecule has 0 saturated heterocycles. The molecule has 0 amide bonds. The van der Waals surface area contributed by atoms with Crippen molar-refractivity contribution in [2.24, 2.45) is 0 Å². The van der Waals surface area contributed by atoms with Crippen LogP contribution in [0.1, 0.15) is 42.1 Å². The van der Waals surface area contributed by atoms with Crippen LogP contribution < -0.4 is 10.1 Å². The van der Waals surface area contributed by atoms with E-state index in [1.807, 2.05) is 0 Å². The molecule has 0 heterocycles. The van der Waals surface area contributed by atoms with Crippen molar-refractivity contribution in [3.05, 3.63) is 64.7 Å². The summed E-state index contributed by atoms with van der Waals surface area (Å²) in [5.74, 6) is 0.945. The second kappa shape index (κ2) is 7.28. The quantitative estimate of drug-likeness (QED) is 0.855. The first kappa shape index (κ1) is 15.6. The van der Waals surface area contributed by atoms with Crippen molar-refractivity contribution in [3.8, 4) is 5.75 Å². The molecule has 2 aromatic rings. The lowest BCUT2D eigenvalue weighted by Crippen LogP contribution is -2.22. The second-order valence-corrected chi connectivity index (χ2v) is 5.33. The van der Waals surface area contributed by atoms with Gasteiger partial charge in [-0.15, -0.1) is 0 Å². The van der Waals surface area contributed by atoms with Crippen molar-refractivity contribution >= 4 is 0 Å². The number of aryl methyl sites for hydroxylation is 2. The Labute approximate surface area is 128 Å². The molecule has 2 nitrogen and oxygen atoms in total. The zero-order valence-corrected chi connectivity index (χ0v) is 13.4. The van der Waals surface area contributed by atoms with Crippen LogP contribution in [0.25, 0.3) is 0 Å². The van der Waals surface area contributed by atoms with Gasteiger partial charge in [-0.05, 0) is 42.6 Å². The van der Waals surface area contributed by atoms with Gasteiger partial charge in [-0.1, -0.05) is 50.2 Å². The summed E-state index contributed by atoms with van der Waals surface area (Å²) in [7, 11) is 1.74. The molecule has 0 aliphatic heterocycles. The first-order valence-corrected chi connectivity index (χ1v) is 7.66. The monoisotopic (exact) mass is 283 g/mol. The van der Waals surface area contributed by atoms with E-state index in [9.17, 15) is 0 Å². The minimum Gasteiger partial charge on any atom is -0.496 e. The second-order valence-electron chi connectivity index (χ2n) is 5.33. The van der Waals surface area contributed by atoms with E-state index in [4.69, 9.17) is 4.74 Å². The molecule has 0 saturated carbocycles. The van der Waals surface area contributed by atoms with Gasteiger partial charge in [-0.2, -0.15) is 0 Å². The third-order valence-corrected chi connectivity index (χ3v) is 3.83. The molecule has 0 bridgehead atoms. The standard InChI is InChI=1S/C19H25NO/c1-5-15-8-10-16(11-9-15)19(20-6-2)17-12-7-14(3)13-18(17)21-4/h7-13,19-20H,5-6H2,1-4H3. The van der Waals surface area contributed by atoms with Gasteiger partial charge in [0.25, 0.3) is 0 Å². The molecule has 2 aromatic carbocycles. The first-order valence-electron chi connectivity index (χ1n) is 7.66. The Morgan fingerprint density at radius 2 is 1.76 bits per heavy atom. The Morgan fingerprint density at radius 3 is 2.33 bits per heavy atom. The van der Waals surface area contributed by atoms with Gasteiger partial charge < -0.3 is 10.1 Å². The maximum Gasteiger partial charge on any atom is 0.124 e. The molecule has 1 unspecified atom stereocenters. The maximum absolute atomic E-state index is 5.58. The molecular formula is C19H25NO. The fourth-order valence-electron chi connectivity index (χ4n) is 2.61. The largest absolute Gasteiger partial charge is 0.496 e. The molecule has 112 valence electrons. The lowest BCUT2D eigenvalue weighted by Gasteiger charge is -2.22. The van der Waals surface area contributed by atoms with Crippen LogP contribution >= 0.6 is 0 Å². The number of rotatable bonds is 6. The van der Waals surface area contributed by atoms with Crippen molar-refractivity contribution in [1.29, 1.82) is 0 Å². The van der Waals surface area contributed by atoms with Gasteiger partial charge in [0.2, 0.25) is 0 Å². The fourth-order valence-corrected chi connectivity index (χ4v) is 2.61. The minimum atomic E-state index is 0.163. The van der Waals surface area contributed by atoms with Crippen molar-refractivity contribution in [2.75, 3.05) is 13.7 Å². The molecule has 0 radical (unpaired) electrons. The highest BCUT2D eigenvalue weighted by atomic mass is 16.5. The van der Waals surface area contributed by atoms with Crippen LogP contribution in [0.5, 0.6) is 5.75 Å². The van der Waals surface area contributed by atoms with E-state index in [2.05, 4.69) is 68.6 Å². The van der Waals surface area contributed by atoms with Crippen LogP contribution in [0.15, 0.2) is 42.5 Å². The normalized spacial score (nSPS) is 12.2. The molecule has 21 heavy (non-hydrogen) atoms. The molecule has 2 heteroatoms. The van der Waals surface area contributed by atoms with Crippen molar-refractivity contribution < 1.29 is 4.74 Å². The summed E-state index contributed by atoms with van der Waals surface area (Å²) in [6.07, 6.45) is 1.07. The molecule has 1 atom stereocenters. The molecular weight excluding hydrogens is 258 g/mol. The van der Waals surface area contributed by atoms with Gasteiger partial charge in [0.05, 0.1) is 13.2 Å². The average molecular weight is 283 g/mol. The van der Waals surface area contributed by atoms with E-state index < -0.39 is 0 Å². The molecule has 2 rings (SSSR count). The molecule has 0 spiro atoms. The number of hydrogen-bond acceptors (Lipinski definition) is 2. The van der Waals surface area contributed by atoms with Crippen molar-refractivity contribution in [3.63, 3.8) is 0 Å². The first-order chi connectivity index (χ1) is 10.2. The highest BCUT2D eigenvalue weighted by molar-refractivity contribution is 5.44. The third-order valence-electron chi connectivity index (χ3n) is 3.83. The summed E-state index contributed by atoms with van der Waals surface area (Å²) in [6, 6.07) is 15.4. The fraction of sp³-hybridized carbons (Fsp3) is 0.368. The third kappa shape index (κ3) is 3.64. The van der Waals surface area contributed by atoms with Crippen LogP contribution in [-0.2, 0) is 6.42 Å². The summed E-state index contributed by atoms with van der Waals surface area (Å²) in [5.41, 5.74) is 5.04. The highest BCUT2D eigenvalue weighted by Gasteiger charge is 2.17. The van der Waals surface area contributed by atoms with Gasteiger partial charge in [-0.3, -0.25) is 0 Å². The molecule has 0 aliphatic rings.